The van der Waals surface area contributed by atoms with Crippen molar-refractivity contribution in [1.29, 1.82) is 0 Å². The summed E-state index contributed by atoms with van der Waals surface area (Å²) in [5, 5.41) is 0. The van der Waals surface area contributed by atoms with Crippen molar-refractivity contribution in [1.82, 2.24) is 0 Å². The molecule has 1 saturated heterocycles. The minimum absolute atomic E-state index is 0.477. The molecule has 7 heavy (non-hydrogen) atoms. The lowest BCUT2D eigenvalue weighted by molar-refractivity contribution is 0.667. The third kappa shape index (κ3) is 1.15. The molecule has 0 nitrogen and oxygen atoms in total. The zero-order valence-electron chi connectivity index (χ0n) is 4.55. The standard InChI is InChI=1S/C5H9BS/c1-4-2-7-3-5(4)6/h4-5H,2-3H2,1H3. The summed E-state index contributed by atoms with van der Waals surface area (Å²) in [5.41, 5.74) is 0. The number of hydrogen-bond donors (Lipinski definition) is 0. The summed E-state index contributed by atoms with van der Waals surface area (Å²) in [6, 6.07) is 0. The van der Waals surface area contributed by atoms with Crippen molar-refractivity contribution in [3.8, 4) is 0 Å². The van der Waals surface area contributed by atoms with Crippen molar-refractivity contribution in [2.45, 2.75) is 12.7 Å². The van der Waals surface area contributed by atoms with Crippen LogP contribution in [-0.4, -0.2) is 19.4 Å². The minimum atomic E-state index is 0.477. The first kappa shape index (κ1) is 5.55. The SMILES string of the molecule is [B]C1CSCC1C. The second kappa shape index (κ2) is 2.12. The quantitative estimate of drug-likeness (QED) is 0.426. The molecule has 1 rings (SSSR count). The molecule has 0 aromatic heterocycles. The van der Waals surface area contributed by atoms with Crippen LogP contribution in [0.4, 0.5) is 0 Å². The lowest BCUT2D eigenvalue weighted by Crippen LogP contribution is -1.99. The van der Waals surface area contributed by atoms with Gasteiger partial charge in [-0.3, -0.25) is 0 Å². The molecule has 2 radical (unpaired) electrons. The Hall–Kier alpha value is 0.415. The van der Waals surface area contributed by atoms with E-state index in [-0.39, 0.29) is 0 Å². The largest absolute Gasteiger partial charge is 0.162 e. The first-order valence-corrected chi connectivity index (χ1v) is 3.79. The van der Waals surface area contributed by atoms with Crippen LogP contribution in [0.25, 0.3) is 0 Å². The van der Waals surface area contributed by atoms with Gasteiger partial charge in [-0.05, 0) is 17.4 Å². The molecule has 1 fully saturated rings. The molecule has 1 heterocycles. The number of rotatable bonds is 0. The Morgan fingerprint density at radius 3 is 2.43 bits per heavy atom. The molecule has 2 unspecified atom stereocenters. The predicted octanol–water partition coefficient (Wildman–Crippen LogP) is 1.33. The van der Waals surface area contributed by atoms with Gasteiger partial charge in [-0.2, -0.15) is 11.8 Å². The predicted molar refractivity (Wildman–Crippen MR) is 36.0 cm³/mol. The van der Waals surface area contributed by atoms with Crippen LogP contribution in [0.15, 0.2) is 0 Å². The molecule has 0 aromatic carbocycles. The highest BCUT2D eigenvalue weighted by molar-refractivity contribution is 7.99. The fraction of sp³-hybridized carbons (Fsp3) is 1.00. The first-order valence-electron chi connectivity index (χ1n) is 2.64. The highest BCUT2D eigenvalue weighted by Crippen LogP contribution is 2.30. The monoisotopic (exact) mass is 112 g/mol. The molecule has 2 heteroatoms. The van der Waals surface area contributed by atoms with E-state index in [0.29, 0.717) is 5.82 Å². The van der Waals surface area contributed by atoms with Gasteiger partial charge in [-0.1, -0.05) is 12.7 Å². The summed E-state index contributed by atoms with van der Waals surface area (Å²) in [4.78, 5) is 0. The van der Waals surface area contributed by atoms with E-state index in [9.17, 15) is 0 Å². The highest BCUT2D eigenvalue weighted by atomic mass is 32.2. The maximum atomic E-state index is 5.66. The molecular formula is C5H9BS. The Kier molecular flexibility index (Phi) is 1.68. The van der Waals surface area contributed by atoms with Gasteiger partial charge in [0.05, 0.1) is 7.85 Å². The van der Waals surface area contributed by atoms with Crippen molar-refractivity contribution >= 4 is 19.6 Å². The smallest absolute Gasteiger partial charge is 0.0714 e. The molecule has 0 amide bonds. The van der Waals surface area contributed by atoms with E-state index >= 15 is 0 Å². The molecule has 1 aliphatic heterocycles. The van der Waals surface area contributed by atoms with Gasteiger partial charge in [-0.15, -0.1) is 0 Å². The van der Waals surface area contributed by atoms with Gasteiger partial charge >= 0.3 is 0 Å². The van der Waals surface area contributed by atoms with Gasteiger partial charge in [0.15, 0.2) is 0 Å². The fourth-order valence-corrected chi connectivity index (χ4v) is 2.03. The van der Waals surface area contributed by atoms with Gasteiger partial charge in [0.1, 0.15) is 0 Å². The molecule has 0 spiro atoms. The van der Waals surface area contributed by atoms with Gasteiger partial charge in [0.25, 0.3) is 0 Å². The first-order chi connectivity index (χ1) is 3.30. The summed E-state index contributed by atoms with van der Waals surface area (Å²) in [6.07, 6.45) is 0. The van der Waals surface area contributed by atoms with Crippen LogP contribution in [-0.2, 0) is 0 Å². The molecule has 2 atom stereocenters. The van der Waals surface area contributed by atoms with Gasteiger partial charge in [-0.25, -0.2) is 0 Å². The second-order valence-corrected chi connectivity index (χ2v) is 3.25. The van der Waals surface area contributed by atoms with Crippen LogP contribution in [0.1, 0.15) is 6.92 Å². The minimum Gasteiger partial charge on any atom is -0.162 e. The Balaban J connectivity index is 2.33. The normalized spacial score (nSPS) is 41.9. The maximum Gasteiger partial charge on any atom is 0.0714 e. The van der Waals surface area contributed by atoms with Gasteiger partial charge in [0.2, 0.25) is 0 Å². The van der Waals surface area contributed by atoms with Crippen molar-refractivity contribution in [2.75, 3.05) is 11.5 Å². The van der Waals surface area contributed by atoms with Crippen LogP contribution in [0.3, 0.4) is 0 Å². The Bertz CT molecular complexity index is 57.1. The molecule has 1 aliphatic rings. The molecular weight excluding hydrogens is 103 g/mol. The van der Waals surface area contributed by atoms with Crippen molar-refractivity contribution in [2.24, 2.45) is 5.92 Å². The van der Waals surface area contributed by atoms with E-state index < -0.39 is 0 Å². The van der Waals surface area contributed by atoms with E-state index in [1.54, 1.807) is 0 Å². The molecule has 0 aliphatic carbocycles. The summed E-state index contributed by atoms with van der Waals surface area (Å²) < 4.78 is 0. The zero-order chi connectivity index (χ0) is 5.28. The summed E-state index contributed by atoms with van der Waals surface area (Å²) in [6.45, 7) is 2.21. The van der Waals surface area contributed by atoms with Crippen molar-refractivity contribution < 1.29 is 0 Å². The molecule has 38 valence electrons. The topological polar surface area (TPSA) is 0 Å². The highest BCUT2D eigenvalue weighted by Gasteiger charge is 2.17. The number of hydrogen-bond acceptors (Lipinski definition) is 1. The summed E-state index contributed by atoms with van der Waals surface area (Å²) >= 11 is 1.97. The summed E-state index contributed by atoms with van der Waals surface area (Å²) in [7, 11) is 5.66. The molecule has 0 aromatic rings. The van der Waals surface area contributed by atoms with E-state index in [1.807, 2.05) is 11.8 Å². The lowest BCUT2D eigenvalue weighted by Gasteiger charge is -2.03. The Morgan fingerprint density at radius 1 is 1.57 bits per heavy atom. The third-order valence-electron chi connectivity index (χ3n) is 1.42. The van der Waals surface area contributed by atoms with Crippen molar-refractivity contribution in [3.63, 3.8) is 0 Å². The number of thioether (sulfide) groups is 1. The van der Waals surface area contributed by atoms with Crippen LogP contribution >= 0.6 is 11.8 Å². The average Bonchev–Trinajstić information content (AvgIpc) is 1.91. The van der Waals surface area contributed by atoms with E-state index in [2.05, 4.69) is 6.92 Å². The fourth-order valence-electron chi connectivity index (χ4n) is 0.678. The van der Waals surface area contributed by atoms with Crippen LogP contribution in [0.2, 0.25) is 5.82 Å². The lowest BCUT2D eigenvalue weighted by atomic mass is 9.80. The molecule has 0 saturated carbocycles. The molecule has 0 N–H and O–H groups in total. The van der Waals surface area contributed by atoms with Crippen LogP contribution < -0.4 is 0 Å². The third-order valence-corrected chi connectivity index (χ3v) is 2.80. The summed E-state index contributed by atoms with van der Waals surface area (Å²) in [5.74, 6) is 3.66. The Morgan fingerprint density at radius 2 is 2.29 bits per heavy atom. The van der Waals surface area contributed by atoms with Gasteiger partial charge in [0, 0.05) is 0 Å². The average molecular weight is 112 g/mol. The molecule has 0 bridgehead atoms. The van der Waals surface area contributed by atoms with E-state index in [4.69, 9.17) is 7.85 Å². The van der Waals surface area contributed by atoms with Gasteiger partial charge < -0.3 is 0 Å². The van der Waals surface area contributed by atoms with Crippen LogP contribution in [0, 0.1) is 5.92 Å². The Labute approximate surface area is 50.5 Å². The van der Waals surface area contributed by atoms with E-state index in [1.165, 1.54) is 11.5 Å². The van der Waals surface area contributed by atoms with Crippen LogP contribution in [0.5, 0.6) is 0 Å². The van der Waals surface area contributed by atoms with Crippen molar-refractivity contribution in [3.05, 3.63) is 0 Å². The zero-order valence-corrected chi connectivity index (χ0v) is 5.37. The second-order valence-electron chi connectivity index (χ2n) is 2.18. The maximum absolute atomic E-state index is 5.66. The van der Waals surface area contributed by atoms with E-state index in [0.717, 1.165) is 5.92 Å².